The molecule has 0 saturated heterocycles. The Labute approximate surface area is 84.3 Å². The van der Waals surface area contributed by atoms with Crippen molar-refractivity contribution in [3.63, 3.8) is 0 Å². The number of benzene rings is 1. The fraction of sp³-hybridized carbons (Fsp3) is 0.333. The summed E-state index contributed by atoms with van der Waals surface area (Å²) >= 11 is 0. The van der Waals surface area contributed by atoms with E-state index in [9.17, 15) is 0 Å². The van der Waals surface area contributed by atoms with Gasteiger partial charge in [-0.05, 0) is 10.9 Å². The number of nitrogens with one attached hydrogen (secondary N) is 1. The van der Waals surface area contributed by atoms with Crippen LogP contribution in [0.1, 0.15) is 0 Å². The summed E-state index contributed by atoms with van der Waals surface area (Å²) in [6.45, 7) is 1.60. The van der Waals surface area contributed by atoms with Crippen LogP contribution in [0.4, 0.5) is 5.69 Å². The maximum Gasteiger partial charge on any atom is 0.211 e. The van der Waals surface area contributed by atoms with E-state index in [0.29, 0.717) is 0 Å². The second-order valence-electron chi connectivity index (χ2n) is 3.65. The summed E-state index contributed by atoms with van der Waals surface area (Å²) < 4.78 is 11.1. The normalized spacial score (nSPS) is 15.8. The van der Waals surface area contributed by atoms with Crippen molar-refractivity contribution in [2.45, 2.75) is 0 Å². The lowest BCUT2D eigenvalue weighted by molar-refractivity contribution is 0.382. The van der Waals surface area contributed by atoms with Crippen LogP contribution in [0.25, 0.3) is 0 Å². The van der Waals surface area contributed by atoms with Gasteiger partial charge in [-0.3, -0.25) is 0 Å². The molecule has 0 bridgehead atoms. The first-order valence-electron chi connectivity index (χ1n) is 5.02. The third-order valence-electron chi connectivity index (χ3n) is 2.93. The molecule has 0 aliphatic carbocycles. The van der Waals surface area contributed by atoms with Gasteiger partial charge < -0.3 is 14.8 Å². The predicted molar refractivity (Wildman–Crippen MR) is 60.5 cm³/mol. The lowest BCUT2D eigenvalue weighted by Crippen LogP contribution is -2.26. The first-order chi connectivity index (χ1) is 6.90. The van der Waals surface area contributed by atoms with Crippen LogP contribution in [0.15, 0.2) is 6.07 Å². The van der Waals surface area contributed by atoms with Crippen molar-refractivity contribution in [3.05, 3.63) is 6.07 Å². The number of fused-ring (bicyclic) bond motifs is 2. The van der Waals surface area contributed by atoms with Gasteiger partial charge in [0.2, 0.25) is 14.6 Å². The molecule has 0 aromatic heterocycles. The van der Waals surface area contributed by atoms with Crippen LogP contribution in [-0.4, -0.2) is 34.6 Å². The molecule has 0 radical (unpaired) electrons. The molecule has 2 aliphatic rings. The monoisotopic (exact) mass is 187 g/mol. The SMILES string of the molecule is CNc1c2c(cc3c1BCO3)OCB2. The van der Waals surface area contributed by atoms with Crippen LogP contribution in [0.5, 0.6) is 11.5 Å². The number of ether oxygens (including phenoxy) is 2. The molecule has 0 spiro atoms. The van der Waals surface area contributed by atoms with E-state index in [2.05, 4.69) is 5.32 Å². The Bertz CT molecular complexity index is 363. The van der Waals surface area contributed by atoms with Crippen LogP contribution in [0.3, 0.4) is 0 Å². The topological polar surface area (TPSA) is 30.5 Å². The van der Waals surface area contributed by atoms with Crippen LogP contribution < -0.4 is 25.7 Å². The first-order valence-corrected chi connectivity index (χ1v) is 5.02. The number of hydrogen-bond acceptors (Lipinski definition) is 3. The molecule has 0 amide bonds. The van der Waals surface area contributed by atoms with Gasteiger partial charge in [0.15, 0.2) is 0 Å². The van der Waals surface area contributed by atoms with E-state index in [4.69, 9.17) is 9.47 Å². The molecular weight excluding hydrogens is 176 g/mol. The zero-order valence-corrected chi connectivity index (χ0v) is 8.22. The van der Waals surface area contributed by atoms with E-state index in [1.54, 1.807) is 0 Å². The fourth-order valence-corrected chi connectivity index (χ4v) is 2.30. The second kappa shape index (κ2) is 2.87. The Morgan fingerprint density at radius 2 is 1.71 bits per heavy atom. The van der Waals surface area contributed by atoms with Gasteiger partial charge in [-0.25, -0.2) is 0 Å². The molecule has 0 saturated carbocycles. The van der Waals surface area contributed by atoms with Gasteiger partial charge in [-0.2, -0.15) is 0 Å². The molecule has 0 fully saturated rings. The summed E-state index contributed by atoms with van der Waals surface area (Å²) in [5, 5.41) is 3.27. The summed E-state index contributed by atoms with van der Waals surface area (Å²) in [6.07, 6.45) is 0. The van der Waals surface area contributed by atoms with Crippen molar-refractivity contribution in [1.82, 2.24) is 0 Å². The summed E-state index contributed by atoms with van der Waals surface area (Å²) in [5.41, 5.74) is 3.86. The third kappa shape index (κ3) is 0.953. The number of hydrogen-bond donors (Lipinski definition) is 1. The smallest absolute Gasteiger partial charge is 0.211 e. The summed E-state index contributed by atoms with van der Waals surface area (Å²) in [6, 6.07) is 2.03. The first kappa shape index (κ1) is 8.09. The Morgan fingerprint density at radius 1 is 1.14 bits per heavy atom. The molecule has 5 heteroatoms. The van der Waals surface area contributed by atoms with E-state index in [0.717, 1.165) is 39.1 Å². The molecule has 0 atom stereocenters. The van der Waals surface area contributed by atoms with E-state index >= 15 is 0 Å². The van der Waals surface area contributed by atoms with Crippen LogP contribution in [-0.2, 0) is 0 Å². The maximum atomic E-state index is 5.55. The molecular formula is C9H11B2NO2. The predicted octanol–water partition coefficient (Wildman–Crippen LogP) is -1.45. The minimum atomic E-state index is 0.799. The van der Waals surface area contributed by atoms with Gasteiger partial charge in [0, 0.05) is 18.8 Å². The van der Waals surface area contributed by atoms with Gasteiger partial charge in [0.05, 0.1) is 13.0 Å². The quantitative estimate of drug-likeness (QED) is 0.545. The fourth-order valence-electron chi connectivity index (χ4n) is 2.30. The van der Waals surface area contributed by atoms with Gasteiger partial charge in [-0.15, -0.1) is 0 Å². The number of anilines is 1. The molecule has 2 heterocycles. The Kier molecular flexibility index (Phi) is 1.66. The summed E-state index contributed by atoms with van der Waals surface area (Å²) in [4.78, 5) is 0. The third-order valence-corrected chi connectivity index (χ3v) is 2.93. The Balaban J connectivity index is 2.24. The van der Waals surface area contributed by atoms with Crippen molar-refractivity contribution >= 4 is 31.2 Å². The van der Waals surface area contributed by atoms with Crippen molar-refractivity contribution in [2.75, 3.05) is 25.4 Å². The molecule has 3 rings (SSSR count). The minimum Gasteiger partial charge on any atom is -0.502 e. The minimum absolute atomic E-state index is 0.799. The Morgan fingerprint density at radius 3 is 2.21 bits per heavy atom. The standard InChI is InChI=1S/C9H11B2NO2/c1-12-9-7-5(13-3-10-7)2-6-8(9)11-4-14-6/h2,10-12H,3-4H2,1H3. The Hall–Kier alpha value is -1.25. The van der Waals surface area contributed by atoms with Gasteiger partial charge >= 0.3 is 0 Å². The van der Waals surface area contributed by atoms with Crippen LogP contribution >= 0.6 is 0 Å². The zero-order chi connectivity index (χ0) is 9.54. The lowest BCUT2D eigenvalue weighted by Gasteiger charge is -2.12. The largest absolute Gasteiger partial charge is 0.502 e. The average Bonchev–Trinajstić information content (AvgIpc) is 2.80. The van der Waals surface area contributed by atoms with Crippen molar-refractivity contribution in [1.29, 1.82) is 0 Å². The molecule has 1 aromatic carbocycles. The highest BCUT2D eigenvalue weighted by molar-refractivity contribution is 6.64. The highest BCUT2D eigenvalue weighted by Gasteiger charge is 2.26. The second-order valence-corrected chi connectivity index (χ2v) is 3.65. The maximum absolute atomic E-state index is 5.55. The molecule has 1 aromatic rings. The van der Waals surface area contributed by atoms with Gasteiger partial charge in [0.25, 0.3) is 0 Å². The summed E-state index contributed by atoms with van der Waals surface area (Å²) in [5.74, 6) is 1.99. The van der Waals surface area contributed by atoms with E-state index < -0.39 is 0 Å². The highest BCUT2D eigenvalue weighted by atomic mass is 16.5. The molecule has 0 unspecified atom stereocenters. The van der Waals surface area contributed by atoms with E-state index in [-0.39, 0.29) is 0 Å². The van der Waals surface area contributed by atoms with E-state index in [1.165, 1.54) is 16.6 Å². The van der Waals surface area contributed by atoms with Crippen molar-refractivity contribution in [3.8, 4) is 11.5 Å². The number of rotatable bonds is 1. The highest BCUT2D eigenvalue weighted by Crippen LogP contribution is 2.25. The molecule has 1 N–H and O–H groups in total. The average molecular weight is 187 g/mol. The molecule has 70 valence electrons. The van der Waals surface area contributed by atoms with Crippen LogP contribution in [0.2, 0.25) is 0 Å². The van der Waals surface area contributed by atoms with Crippen molar-refractivity contribution in [2.24, 2.45) is 0 Å². The van der Waals surface area contributed by atoms with E-state index in [1.807, 2.05) is 13.1 Å². The zero-order valence-electron chi connectivity index (χ0n) is 8.22. The van der Waals surface area contributed by atoms with Crippen LogP contribution in [0, 0.1) is 0 Å². The molecule has 2 aliphatic heterocycles. The molecule has 3 nitrogen and oxygen atoms in total. The lowest BCUT2D eigenvalue weighted by atomic mass is 9.65. The summed E-state index contributed by atoms with van der Waals surface area (Å²) in [7, 11) is 3.99. The van der Waals surface area contributed by atoms with Crippen molar-refractivity contribution < 1.29 is 9.47 Å². The molecule has 14 heavy (non-hydrogen) atoms. The van der Waals surface area contributed by atoms with Gasteiger partial charge in [0.1, 0.15) is 11.5 Å². The van der Waals surface area contributed by atoms with Gasteiger partial charge in [-0.1, -0.05) is 0 Å².